The molecule has 1 heterocycles. The minimum absolute atomic E-state index is 0.00573. The first-order chi connectivity index (χ1) is 20.6. The zero-order valence-corrected chi connectivity index (χ0v) is 25.9. The summed E-state index contributed by atoms with van der Waals surface area (Å²) in [6.07, 6.45) is 0.432. The van der Waals surface area contributed by atoms with Crippen molar-refractivity contribution in [1.82, 2.24) is 4.31 Å². The summed E-state index contributed by atoms with van der Waals surface area (Å²) in [5.74, 6) is -4.25. The third-order valence-corrected chi connectivity index (χ3v) is 11.3. The number of nitrogens with one attached hydrogen (secondary N) is 1. The molecule has 0 atom stereocenters. The monoisotopic (exact) mass is 636 g/mol. The Bertz CT molecular complexity index is 1980. The molecule has 230 valence electrons. The molecular formula is C32H32N2O8S2. The summed E-state index contributed by atoms with van der Waals surface area (Å²) in [4.78, 5) is 12.6. The Balaban J connectivity index is 1.42. The van der Waals surface area contributed by atoms with Crippen LogP contribution < -0.4 is 5.32 Å². The zero-order valence-electron chi connectivity index (χ0n) is 24.3. The normalized spacial score (nSPS) is 14.2. The Morgan fingerprint density at radius 3 is 2.05 bits per heavy atom. The van der Waals surface area contributed by atoms with E-state index in [1.54, 1.807) is 36.4 Å². The van der Waals surface area contributed by atoms with Crippen LogP contribution in [0.5, 0.6) is 17.2 Å². The molecule has 12 heteroatoms. The highest BCUT2D eigenvalue weighted by molar-refractivity contribution is 7.91. The van der Waals surface area contributed by atoms with E-state index in [4.69, 9.17) is 0 Å². The van der Waals surface area contributed by atoms with E-state index in [-0.39, 0.29) is 28.6 Å². The van der Waals surface area contributed by atoms with Gasteiger partial charge < -0.3 is 20.6 Å². The lowest BCUT2D eigenvalue weighted by molar-refractivity contribution is 0.102. The summed E-state index contributed by atoms with van der Waals surface area (Å²) in [5, 5.41) is 33.8. The lowest BCUT2D eigenvalue weighted by Crippen LogP contribution is -2.36. The molecule has 0 aliphatic carbocycles. The number of benzene rings is 4. The molecule has 1 amide bonds. The van der Waals surface area contributed by atoms with Crippen molar-refractivity contribution in [1.29, 1.82) is 0 Å². The molecule has 1 aliphatic rings. The number of sulfone groups is 1. The van der Waals surface area contributed by atoms with Crippen molar-refractivity contribution < 1.29 is 36.9 Å². The van der Waals surface area contributed by atoms with Crippen LogP contribution in [0.4, 0.5) is 5.69 Å². The van der Waals surface area contributed by atoms with Gasteiger partial charge in [-0.1, -0.05) is 63.2 Å². The van der Waals surface area contributed by atoms with Crippen LogP contribution in [0.3, 0.4) is 0 Å². The van der Waals surface area contributed by atoms with Gasteiger partial charge in [-0.3, -0.25) is 4.79 Å². The maximum Gasteiger partial charge on any atom is 0.259 e. The van der Waals surface area contributed by atoms with E-state index >= 15 is 0 Å². The van der Waals surface area contributed by atoms with Gasteiger partial charge in [-0.15, -0.1) is 0 Å². The number of anilines is 1. The number of rotatable bonds is 6. The van der Waals surface area contributed by atoms with Gasteiger partial charge in [0.25, 0.3) is 5.91 Å². The van der Waals surface area contributed by atoms with Crippen LogP contribution in [0.1, 0.15) is 47.8 Å². The van der Waals surface area contributed by atoms with Gasteiger partial charge in [0, 0.05) is 18.8 Å². The Kier molecular flexibility index (Phi) is 7.95. The summed E-state index contributed by atoms with van der Waals surface area (Å²) in [7, 11) is -8.30. The van der Waals surface area contributed by atoms with E-state index in [9.17, 15) is 36.9 Å². The van der Waals surface area contributed by atoms with Crippen LogP contribution in [-0.4, -0.2) is 48.9 Å². The standard InChI is InChI=1S/C32H32N2O8S2/c1-32(2,3)25-10-6-7-11-26(25)43(39,40)23-14-12-22(13-15-23)33-31(38)24-18-27(29(36)30(37)28(24)35)44(41,42)34-17-16-20-8-4-5-9-21(20)19-34/h4-15,18,35-37H,16-17,19H2,1-3H3,(H,33,38). The molecule has 0 saturated carbocycles. The number of sulfonamides is 1. The van der Waals surface area contributed by atoms with Crippen molar-refractivity contribution in [3.8, 4) is 17.2 Å². The SMILES string of the molecule is CC(C)(C)c1ccccc1S(=O)(=O)c1ccc(NC(=O)c2cc(S(=O)(=O)N3CCc4ccccc4C3)c(O)c(O)c2O)cc1. The number of carbonyl (C=O) groups excluding carboxylic acids is 1. The second-order valence-electron chi connectivity index (χ2n) is 11.6. The maximum atomic E-state index is 13.5. The summed E-state index contributed by atoms with van der Waals surface area (Å²) < 4.78 is 55.1. The average Bonchev–Trinajstić information content (AvgIpc) is 2.99. The predicted molar refractivity (Wildman–Crippen MR) is 164 cm³/mol. The smallest absolute Gasteiger partial charge is 0.259 e. The van der Waals surface area contributed by atoms with Crippen LogP contribution in [-0.2, 0) is 38.2 Å². The van der Waals surface area contributed by atoms with Crippen LogP contribution in [0, 0.1) is 0 Å². The van der Waals surface area contributed by atoms with E-state index in [1.165, 1.54) is 24.3 Å². The first-order valence-electron chi connectivity index (χ1n) is 13.7. The van der Waals surface area contributed by atoms with Gasteiger partial charge >= 0.3 is 0 Å². The number of nitrogens with zero attached hydrogens (tertiary/aromatic N) is 1. The highest BCUT2D eigenvalue weighted by atomic mass is 32.2. The van der Waals surface area contributed by atoms with Crippen molar-refractivity contribution in [3.63, 3.8) is 0 Å². The number of hydrogen-bond donors (Lipinski definition) is 4. The fourth-order valence-corrected chi connectivity index (χ4v) is 8.37. The molecule has 0 fully saturated rings. The number of phenols is 3. The van der Waals surface area contributed by atoms with Crippen LogP contribution in [0.25, 0.3) is 0 Å². The van der Waals surface area contributed by atoms with Crippen LogP contribution in [0.2, 0.25) is 0 Å². The Morgan fingerprint density at radius 2 is 1.39 bits per heavy atom. The third-order valence-electron chi connectivity index (χ3n) is 7.58. The summed E-state index contributed by atoms with van der Waals surface area (Å²) >= 11 is 0. The number of carbonyl (C=O) groups is 1. The maximum absolute atomic E-state index is 13.5. The second kappa shape index (κ2) is 11.3. The van der Waals surface area contributed by atoms with Gasteiger partial charge in [-0.05, 0) is 64.9 Å². The van der Waals surface area contributed by atoms with Gasteiger partial charge in [0.1, 0.15) is 4.90 Å². The molecule has 4 aromatic rings. The minimum atomic E-state index is -4.40. The molecule has 0 spiro atoms. The van der Waals surface area contributed by atoms with E-state index < -0.39 is 58.9 Å². The molecule has 1 aliphatic heterocycles. The number of amides is 1. The predicted octanol–water partition coefficient (Wildman–Crippen LogP) is 4.93. The van der Waals surface area contributed by atoms with Gasteiger partial charge in [0.15, 0.2) is 11.5 Å². The third kappa shape index (κ3) is 5.63. The first kappa shape index (κ1) is 31.0. The Labute approximate surface area is 256 Å². The molecule has 0 radical (unpaired) electrons. The van der Waals surface area contributed by atoms with Crippen molar-refractivity contribution in [3.05, 3.63) is 101 Å². The van der Waals surface area contributed by atoms with Gasteiger partial charge in [-0.25, -0.2) is 16.8 Å². The minimum Gasteiger partial charge on any atom is -0.504 e. The van der Waals surface area contributed by atoms with Crippen molar-refractivity contribution in [2.75, 3.05) is 11.9 Å². The zero-order chi connectivity index (χ0) is 32.0. The average molecular weight is 637 g/mol. The van der Waals surface area contributed by atoms with E-state index in [0.717, 1.165) is 21.5 Å². The van der Waals surface area contributed by atoms with Crippen molar-refractivity contribution in [2.45, 2.75) is 53.8 Å². The summed E-state index contributed by atoms with van der Waals surface area (Å²) in [6, 6.07) is 20.2. The van der Waals surface area contributed by atoms with Gasteiger partial charge in [0.2, 0.25) is 25.6 Å². The van der Waals surface area contributed by atoms with E-state index in [2.05, 4.69) is 5.32 Å². The molecule has 0 unspecified atom stereocenters. The fourth-order valence-electron chi connectivity index (χ4n) is 5.17. The lowest BCUT2D eigenvalue weighted by Gasteiger charge is -2.28. The molecule has 0 bridgehead atoms. The van der Waals surface area contributed by atoms with E-state index in [0.29, 0.717) is 12.0 Å². The molecule has 4 N–H and O–H groups in total. The molecule has 4 aromatic carbocycles. The largest absolute Gasteiger partial charge is 0.504 e. The van der Waals surface area contributed by atoms with Crippen LogP contribution >= 0.6 is 0 Å². The Hall–Kier alpha value is -4.39. The molecule has 5 rings (SSSR count). The number of phenolic OH excluding ortho intramolecular Hbond substituents is 3. The van der Waals surface area contributed by atoms with E-state index in [1.807, 2.05) is 32.9 Å². The Morgan fingerprint density at radius 1 is 0.773 bits per heavy atom. The first-order valence-corrected chi connectivity index (χ1v) is 16.7. The van der Waals surface area contributed by atoms with Crippen LogP contribution in [0.15, 0.2) is 93.5 Å². The number of hydrogen-bond acceptors (Lipinski definition) is 8. The lowest BCUT2D eigenvalue weighted by atomic mass is 9.87. The summed E-state index contributed by atoms with van der Waals surface area (Å²) in [5.41, 5.74) is 1.54. The molecule has 10 nitrogen and oxygen atoms in total. The molecule has 0 aromatic heterocycles. The highest BCUT2D eigenvalue weighted by Crippen LogP contribution is 2.44. The van der Waals surface area contributed by atoms with Crippen molar-refractivity contribution in [2.24, 2.45) is 0 Å². The van der Waals surface area contributed by atoms with Gasteiger partial charge in [-0.2, -0.15) is 4.31 Å². The van der Waals surface area contributed by atoms with Crippen molar-refractivity contribution >= 4 is 31.5 Å². The fraction of sp³-hybridized carbons (Fsp3) is 0.219. The second-order valence-corrected chi connectivity index (χ2v) is 15.4. The quantitative estimate of drug-likeness (QED) is 0.217. The molecule has 0 saturated heterocycles. The molecule has 44 heavy (non-hydrogen) atoms. The number of fused-ring (bicyclic) bond motifs is 1. The van der Waals surface area contributed by atoms with Gasteiger partial charge in [0.05, 0.1) is 15.4 Å². The topological polar surface area (TPSA) is 161 Å². The summed E-state index contributed by atoms with van der Waals surface area (Å²) in [6.45, 7) is 5.88. The molecular weight excluding hydrogens is 604 g/mol. The highest BCUT2D eigenvalue weighted by Gasteiger charge is 2.34. The number of aromatic hydroxyl groups is 3.